The Morgan fingerprint density at radius 2 is 1.83 bits per heavy atom. The summed E-state index contributed by atoms with van der Waals surface area (Å²) < 4.78 is 13.4. The monoisotopic (exact) mass is 282 g/mol. The molecule has 0 aliphatic heterocycles. The molecule has 0 amide bonds. The van der Waals surface area contributed by atoms with E-state index < -0.39 is 5.82 Å². The maximum atomic E-state index is 13.4. The summed E-state index contributed by atoms with van der Waals surface area (Å²) >= 11 is 11.7. The first-order valence-electron chi connectivity index (χ1n) is 5.29. The third kappa shape index (κ3) is 2.89. The van der Waals surface area contributed by atoms with Gasteiger partial charge in [-0.1, -0.05) is 41.4 Å². The predicted molar refractivity (Wildman–Crippen MR) is 70.9 cm³/mol. The van der Waals surface area contributed by atoms with Crippen LogP contribution in [0, 0.1) is 5.82 Å². The van der Waals surface area contributed by atoms with E-state index in [1.807, 2.05) is 0 Å². The van der Waals surface area contributed by atoms with Crippen molar-refractivity contribution in [3.63, 3.8) is 0 Å². The molecule has 2 aromatic carbocycles. The molecule has 0 spiro atoms. The molecule has 0 N–H and O–H groups in total. The van der Waals surface area contributed by atoms with Gasteiger partial charge in [0.1, 0.15) is 5.82 Å². The molecular formula is C14H9Cl2FO. The molecule has 1 nitrogen and oxygen atoms in total. The molecule has 0 radical (unpaired) electrons. The maximum Gasteiger partial charge on any atom is 0.170 e. The maximum absolute atomic E-state index is 13.4. The van der Waals surface area contributed by atoms with Gasteiger partial charge in [0.25, 0.3) is 0 Å². The van der Waals surface area contributed by atoms with Crippen LogP contribution in [0.3, 0.4) is 0 Å². The second-order valence-corrected chi connectivity index (χ2v) is 4.66. The van der Waals surface area contributed by atoms with Gasteiger partial charge in [0.15, 0.2) is 5.78 Å². The van der Waals surface area contributed by atoms with E-state index in [9.17, 15) is 9.18 Å². The molecule has 18 heavy (non-hydrogen) atoms. The lowest BCUT2D eigenvalue weighted by atomic mass is 10.0. The molecule has 0 aliphatic carbocycles. The van der Waals surface area contributed by atoms with Gasteiger partial charge in [-0.3, -0.25) is 4.79 Å². The number of hydrogen-bond acceptors (Lipinski definition) is 1. The highest BCUT2D eigenvalue weighted by atomic mass is 35.5. The average Bonchev–Trinajstić information content (AvgIpc) is 2.33. The largest absolute Gasteiger partial charge is 0.294 e. The molecular weight excluding hydrogens is 274 g/mol. The van der Waals surface area contributed by atoms with E-state index in [4.69, 9.17) is 23.2 Å². The summed E-state index contributed by atoms with van der Waals surface area (Å²) in [5.74, 6) is -0.829. The van der Waals surface area contributed by atoms with E-state index in [-0.39, 0.29) is 17.8 Å². The Morgan fingerprint density at radius 3 is 2.50 bits per heavy atom. The van der Waals surface area contributed by atoms with Gasteiger partial charge in [0.2, 0.25) is 0 Å². The van der Waals surface area contributed by atoms with E-state index in [1.54, 1.807) is 30.3 Å². The molecule has 0 atom stereocenters. The van der Waals surface area contributed by atoms with E-state index in [1.165, 1.54) is 12.1 Å². The Kier molecular flexibility index (Phi) is 4.00. The molecule has 0 aliphatic rings. The van der Waals surface area contributed by atoms with E-state index in [0.717, 1.165) is 0 Å². The van der Waals surface area contributed by atoms with E-state index >= 15 is 0 Å². The number of hydrogen-bond donors (Lipinski definition) is 0. The number of rotatable bonds is 3. The molecule has 0 fully saturated rings. The fraction of sp³-hybridized carbons (Fsp3) is 0.0714. The summed E-state index contributed by atoms with van der Waals surface area (Å²) in [4.78, 5) is 11.9. The smallest absolute Gasteiger partial charge is 0.170 e. The first-order chi connectivity index (χ1) is 8.58. The third-order valence-electron chi connectivity index (χ3n) is 2.54. The summed E-state index contributed by atoms with van der Waals surface area (Å²) in [6.45, 7) is 0. The van der Waals surface area contributed by atoms with Gasteiger partial charge < -0.3 is 0 Å². The average molecular weight is 283 g/mol. The van der Waals surface area contributed by atoms with Crippen LogP contribution < -0.4 is 0 Å². The standard InChI is InChI=1S/C14H9Cl2FO/c15-10-6-5-9(12(16)8-10)7-14(18)11-3-1-2-4-13(11)17/h1-6,8H,7H2. The minimum atomic E-state index is -0.521. The van der Waals surface area contributed by atoms with Crippen molar-refractivity contribution in [2.45, 2.75) is 6.42 Å². The van der Waals surface area contributed by atoms with Crippen LogP contribution in [0.2, 0.25) is 10.0 Å². The molecule has 0 saturated carbocycles. The van der Waals surface area contributed by atoms with Crippen molar-refractivity contribution < 1.29 is 9.18 Å². The fourth-order valence-corrected chi connectivity index (χ4v) is 2.10. The highest BCUT2D eigenvalue weighted by molar-refractivity contribution is 6.35. The van der Waals surface area contributed by atoms with Crippen LogP contribution in [0.4, 0.5) is 4.39 Å². The van der Waals surface area contributed by atoms with Gasteiger partial charge in [-0.15, -0.1) is 0 Å². The molecule has 2 aromatic rings. The minimum absolute atomic E-state index is 0.0525. The summed E-state index contributed by atoms with van der Waals surface area (Å²) in [5, 5.41) is 0.911. The van der Waals surface area contributed by atoms with Crippen molar-refractivity contribution in [3.05, 3.63) is 69.5 Å². The van der Waals surface area contributed by atoms with Crippen molar-refractivity contribution in [1.29, 1.82) is 0 Å². The van der Waals surface area contributed by atoms with Gasteiger partial charge in [0, 0.05) is 16.5 Å². The first kappa shape index (κ1) is 13.1. The van der Waals surface area contributed by atoms with Crippen LogP contribution in [-0.2, 0) is 6.42 Å². The number of carbonyl (C=O) groups excluding carboxylic acids is 1. The lowest BCUT2D eigenvalue weighted by Gasteiger charge is -2.05. The van der Waals surface area contributed by atoms with Crippen LogP contribution in [0.15, 0.2) is 42.5 Å². The Hall–Kier alpha value is -1.38. The van der Waals surface area contributed by atoms with Gasteiger partial charge in [-0.2, -0.15) is 0 Å². The second-order valence-electron chi connectivity index (χ2n) is 3.82. The molecule has 0 unspecified atom stereocenters. The number of ketones is 1. The van der Waals surface area contributed by atoms with Gasteiger partial charge in [0.05, 0.1) is 5.56 Å². The molecule has 0 bridgehead atoms. The summed E-state index contributed by atoms with van der Waals surface area (Å²) in [5.41, 5.74) is 0.706. The quantitative estimate of drug-likeness (QED) is 0.755. The highest BCUT2D eigenvalue weighted by Crippen LogP contribution is 2.22. The number of halogens is 3. The van der Waals surface area contributed by atoms with Crippen molar-refractivity contribution in [2.75, 3.05) is 0 Å². The van der Waals surface area contributed by atoms with Crippen molar-refractivity contribution in [3.8, 4) is 0 Å². The Bertz CT molecular complexity index is 596. The fourth-order valence-electron chi connectivity index (χ4n) is 1.62. The van der Waals surface area contributed by atoms with Crippen molar-refractivity contribution >= 4 is 29.0 Å². The van der Waals surface area contributed by atoms with E-state index in [0.29, 0.717) is 15.6 Å². The Morgan fingerprint density at radius 1 is 1.11 bits per heavy atom. The molecule has 92 valence electrons. The van der Waals surface area contributed by atoms with Crippen molar-refractivity contribution in [1.82, 2.24) is 0 Å². The van der Waals surface area contributed by atoms with E-state index in [2.05, 4.69) is 0 Å². The molecule has 0 heterocycles. The van der Waals surface area contributed by atoms with Gasteiger partial charge in [-0.05, 0) is 29.8 Å². The zero-order valence-electron chi connectivity index (χ0n) is 9.29. The topological polar surface area (TPSA) is 17.1 Å². The second kappa shape index (κ2) is 5.51. The number of benzene rings is 2. The predicted octanol–water partition coefficient (Wildman–Crippen LogP) is 4.56. The summed E-state index contributed by atoms with van der Waals surface area (Å²) in [6.07, 6.45) is 0.0525. The SMILES string of the molecule is O=C(Cc1ccc(Cl)cc1Cl)c1ccccc1F. The normalized spacial score (nSPS) is 10.4. The van der Waals surface area contributed by atoms with Crippen molar-refractivity contribution in [2.24, 2.45) is 0 Å². The number of Topliss-reactive ketones (excluding diaryl/α,β-unsaturated/α-hetero) is 1. The van der Waals surface area contributed by atoms with Gasteiger partial charge in [-0.25, -0.2) is 4.39 Å². The summed E-state index contributed by atoms with van der Waals surface area (Å²) in [6, 6.07) is 10.8. The Balaban J connectivity index is 2.24. The first-order valence-corrected chi connectivity index (χ1v) is 6.05. The molecule has 4 heteroatoms. The minimum Gasteiger partial charge on any atom is -0.294 e. The molecule has 0 saturated heterocycles. The molecule has 0 aromatic heterocycles. The zero-order chi connectivity index (χ0) is 13.1. The van der Waals surface area contributed by atoms with Gasteiger partial charge >= 0.3 is 0 Å². The zero-order valence-corrected chi connectivity index (χ0v) is 10.8. The van der Waals surface area contributed by atoms with Crippen LogP contribution >= 0.6 is 23.2 Å². The Labute approximate surface area is 114 Å². The lowest BCUT2D eigenvalue weighted by molar-refractivity contribution is 0.0989. The third-order valence-corrected chi connectivity index (χ3v) is 3.13. The summed E-state index contributed by atoms with van der Waals surface area (Å²) in [7, 11) is 0. The van der Waals surface area contributed by atoms with Crippen LogP contribution in [0.1, 0.15) is 15.9 Å². The molecule has 2 rings (SSSR count). The highest BCUT2D eigenvalue weighted by Gasteiger charge is 2.13. The lowest BCUT2D eigenvalue weighted by Crippen LogP contribution is -2.06. The van der Waals surface area contributed by atoms with Crippen LogP contribution in [-0.4, -0.2) is 5.78 Å². The number of carbonyl (C=O) groups is 1. The van der Waals surface area contributed by atoms with Crippen LogP contribution in [0.5, 0.6) is 0 Å². The van der Waals surface area contributed by atoms with Crippen LogP contribution in [0.25, 0.3) is 0 Å².